The van der Waals surface area contributed by atoms with E-state index in [2.05, 4.69) is 20.1 Å². The molecule has 128 valence electrons. The summed E-state index contributed by atoms with van der Waals surface area (Å²) in [5.41, 5.74) is 5.71. The van der Waals surface area contributed by atoms with Gasteiger partial charge in [-0.15, -0.1) is 12.4 Å². The monoisotopic (exact) mass is 339 g/mol. The molecule has 2 aliphatic heterocycles. The van der Waals surface area contributed by atoms with Crippen LogP contribution in [0.4, 0.5) is 5.82 Å². The van der Waals surface area contributed by atoms with E-state index < -0.39 is 5.91 Å². The van der Waals surface area contributed by atoms with Crippen molar-refractivity contribution in [3.8, 4) is 0 Å². The highest BCUT2D eigenvalue weighted by molar-refractivity contribution is 5.92. The number of piperazine rings is 1. The Labute approximate surface area is 143 Å². The van der Waals surface area contributed by atoms with E-state index in [-0.39, 0.29) is 12.4 Å². The smallest absolute Gasteiger partial charge is 0.250 e. The molecule has 0 aromatic carbocycles. The molecule has 6 nitrogen and oxygen atoms in total. The van der Waals surface area contributed by atoms with E-state index in [1.54, 1.807) is 12.3 Å². The molecule has 0 radical (unpaired) electrons. The second-order valence-electron chi connectivity index (χ2n) is 6.25. The number of carbonyl (C=O) groups excluding carboxylic acids is 1. The number of hydrogen-bond donors (Lipinski definition) is 2. The number of anilines is 1. The maximum atomic E-state index is 11.1. The summed E-state index contributed by atoms with van der Waals surface area (Å²) in [6.07, 6.45) is 4.17. The molecule has 1 aromatic rings. The van der Waals surface area contributed by atoms with Crippen LogP contribution in [0.15, 0.2) is 18.3 Å². The summed E-state index contributed by atoms with van der Waals surface area (Å²) in [5, 5.41) is 3.43. The van der Waals surface area contributed by atoms with E-state index in [1.807, 2.05) is 6.07 Å². The van der Waals surface area contributed by atoms with Crippen LogP contribution in [0, 0.1) is 5.92 Å². The predicted octanol–water partition coefficient (Wildman–Crippen LogP) is 0.724. The van der Waals surface area contributed by atoms with Gasteiger partial charge in [0.1, 0.15) is 5.82 Å². The number of aromatic nitrogens is 1. The first-order chi connectivity index (χ1) is 10.7. The molecule has 0 unspecified atom stereocenters. The van der Waals surface area contributed by atoms with Crippen LogP contribution in [0.5, 0.6) is 0 Å². The summed E-state index contributed by atoms with van der Waals surface area (Å²) in [6, 6.07) is 3.65. The molecule has 1 aromatic heterocycles. The zero-order valence-corrected chi connectivity index (χ0v) is 14.2. The lowest BCUT2D eigenvalue weighted by molar-refractivity contribution is 0.1000. The van der Waals surface area contributed by atoms with Crippen molar-refractivity contribution in [1.29, 1.82) is 0 Å². The van der Waals surface area contributed by atoms with Crippen molar-refractivity contribution in [2.45, 2.75) is 12.8 Å². The van der Waals surface area contributed by atoms with Gasteiger partial charge >= 0.3 is 0 Å². The lowest BCUT2D eigenvalue weighted by Gasteiger charge is -2.37. The molecule has 0 aliphatic carbocycles. The van der Waals surface area contributed by atoms with Gasteiger partial charge in [0.25, 0.3) is 0 Å². The SMILES string of the molecule is Cl.NC(=O)c1ccc(N2CCN(CC3CCNCC3)CC2)nc1. The van der Waals surface area contributed by atoms with Crippen LogP contribution in [0.1, 0.15) is 23.2 Å². The van der Waals surface area contributed by atoms with Crippen LogP contribution < -0.4 is 16.0 Å². The molecule has 3 heterocycles. The zero-order chi connectivity index (χ0) is 15.4. The normalized spacial score (nSPS) is 20.1. The molecule has 7 heteroatoms. The molecule has 1 amide bonds. The Morgan fingerprint density at radius 1 is 1.22 bits per heavy atom. The van der Waals surface area contributed by atoms with Gasteiger partial charge in [0.15, 0.2) is 0 Å². The summed E-state index contributed by atoms with van der Waals surface area (Å²) < 4.78 is 0. The second kappa shape index (κ2) is 8.47. The first-order valence-corrected chi connectivity index (χ1v) is 8.16. The Bertz CT molecular complexity index is 496. The molecule has 2 aliphatic rings. The summed E-state index contributed by atoms with van der Waals surface area (Å²) in [7, 11) is 0. The highest BCUT2D eigenvalue weighted by atomic mass is 35.5. The molecule has 23 heavy (non-hydrogen) atoms. The Kier molecular flexibility index (Phi) is 6.62. The van der Waals surface area contributed by atoms with E-state index in [4.69, 9.17) is 5.73 Å². The largest absolute Gasteiger partial charge is 0.366 e. The molecule has 0 saturated carbocycles. The molecule has 3 N–H and O–H groups in total. The standard InChI is InChI=1S/C16H25N5O.ClH/c17-16(22)14-1-2-15(19-11-14)21-9-7-20(8-10-21)12-13-3-5-18-6-4-13;/h1-2,11,13,18H,3-10,12H2,(H2,17,22);1H. The summed E-state index contributed by atoms with van der Waals surface area (Å²) in [5.74, 6) is 1.36. The molecular weight excluding hydrogens is 314 g/mol. The fourth-order valence-electron chi connectivity index (χ4n) is 3.31. The fourth-order valence-corrected chi connectivity index (χ4v) is 3.31. The minimum atomic E-state index is -0.425. The maximum Gasteiger partial charge on any atom is 0.250 e. The topological polar surface area (TPSA) is 74.5 Å². The molecule has 0 atom stereocenters. The van der Waals surface area contributed by atoms with Gasteiger partial charge in [-0.1, -0.05) is 0 Å². The van der Waals surface area contributed by atoms with E-state index in [0.29, 0.717) is 5.56 Å². The third-order valence-electron chi connectivity index (χ3n) is 4.70. The first-order valence-electron chi connectivity index (χ1n) is 8.16. The lowest BCUT2D eigenvalue weighted by atomic mass is 9.97. The highest BCUT2D eigenvalue weighted by Crippen LogP contribution is 2.17. The Hall–Kier alpha value is -1.37. The second-order valence-corrected chi connectivity index (χ2v) is 6.25. The highest BCUT2D eigenvalue weighted by Gasteiger charge is 2.22. The number of rotatable bonds is 4. The average Bonchev–Trinajstić information content (AvgIpc) is 2.57. The van der Waals surface area contributed by atoms with E-state index in [1.165, 1.54) is 32.5 Å². The predicted molar refractivity (Wildman–Crippen MR) is 94.2 cm³/mol. The summed E-state index contributed by atoms with van der Waals surface area (Å²) in [4.78, 5) is 20.3. The van der Waals surface area contributed by atoms with Crippen molar-refractivity contribution >= 4 is 24.1 Å². The number of nitrogens with one attached hydrogen (secondary N) is 1. The molecule has 2 fully saturated rings. The Morgan fingerprint density at radius 2 is 1.91 bits per heavy atom. The number of nitrogens with zero attached hydrogens (tertiary/aromatic N) is 3. The third-order valence-corrected chi connectivity index (χ3v) is 4.70. The third kappa shape index (κ3) is 4.80. The minimum absolute atomic E-state index is 0. The first kappa shape index (κ1) is 18.0. The summed E-state index contributed by atoms with van der Waals surface area (Å²) in [6.45, 7) is 7.72. The molecule has 3 rings (SSSR count). The number of hydrogen-bond acceptors (Lipinski definition) is 5. The Balaban J connectivity index is 0.00000192. The number of amides is 1. The van der Waals surface area contributed by atoms with Gasteiger partial charge in [0.05, 0.1) is 5.56 Å². The number of primary amides is 1. The van der Waals surface area contributed by atoms with Crippen LogP contribution in [-0.4, -0.2) is 61.6 Å². The van der Waals surface area contributed by atoms with Gasteiger partial charge < -0.3 is 16.0 Å². The van der Waals surface area contributed by atoms with Crippen molar-refractivity contribution in [1.82, 2.24) is 15.2 Å². The molecule has 2 saturated heterocycles. The van der Waals surface area contributed by atoms with Crippen molar-refractivity contribution < 1.29 is 4.79 Å². The minimum Gasteiger partial charge on any atom is -0.366 e. The van der Waals surface area contributed by atoms with Crippen molar-refractivity contribution in [3.63, 3.8) is 0 Å². The van der Waals surface area contributed by atoms with Gasteiger partial charge in [-0.05, 0) is 44.0 Å². The Morgan fingerprint density at radius 3 is 2.48 bits per heavy atom. The van der Waals surface area contributed by atoms with Gasteiger partial charge in [-0.25, -0.2) is 4.98 Å². The van der Waals surface area contributed by atoms with Crippen molar-refractivity contribution in [2.75, 3.05) is 50.7 Å². The zero-order valence-electron chi connectivity index (χ0n) is 13.4. The van der Waals surface area contributed by atoms with Crippen molar-refractivity contribution in [2.24, 2.45) is 11.7 Å². The average molecular weight is 340 g/mol. The quantitative estimate of drug-likeness (QED) is 0.845. The van der Waals surface area contributed by atoms with Gasteiger partial charge in [0.2, 0.25) is 5.91 Å². The number of piperidine rings is 1. The number of carbonyl (C=O) groups is 1. The molecule has 0 bridgehead atoms. The van der Waals surface area contributed by atoms with Crippen LogP contribution in [0.25, 0.3) is 0 Å². The van der Waals surface area contributed by atoms with Gasteiger partial charge in [-0.2, -0.15) is 0 Å². The van der Waals surface area contributed by atoms with Gasteiger partial charge in [0, 0.05) is 38.9 Å². The number of pyridine rings is 1. The van der Waals surface area contributed by atoms with Crippen molar-refractivity contribution in [3.05, 3.63) is 23.9 Å². The van der Waals surface area contributed by atoms with Crippen LogP contribution in [0.2, 0.25) is 0 Å². The number of nitrogens with two attached hydrogens (primary N) is 1. The molecular formula is C16H26ClN5O. The summed E-state index contributed by atoms with van der Waals surface area (Å²) >= 11 is 0. The van der Waals surface area contributed by atoms with E-state index in [9.17, 15) is 4.79 Å². The van der Waals surface area contributed by atoms with Crippen LogP contribution in [0.3, 0.4) is 0 Å². The van der Waals surface area contributed by atoms with E-state index in [0.717, 1.165) is 37.9 Å². The maximum absolute atomic E-state index is 11.1. The lowest BCUT2D eigenvalue weighted by Crippen LogP contribution is -2.48. The van der Waals surface area contributed by atoms with Crippen LogP contribution in [-0.2, 0) is 0 Å². The fraction of sp³-hybridized carbons (Fsp3) is 0.625. The van der Waals surface area contributed by atoms with Crippen LogP contribution >= 0.6 is 12.4 Å². The molecule has 0 spiro atoms. The number of halogens is 1. The van der Waals surface area contributed by atoms with Gasteiger partial charge in [-0.3, -0.25) is 9.69 Å². The van der Waals surface area contributed by atoms with E-state index >= 15 is 0 Å².